The van der Waals surface area contributed by atoms with Gasteiger partial charge in [0.15, 0.2) is 5.69 Å². The lowest BCUT2D eigenvalue weighted by atomic mass is 10.1. The Morgan fingerprint density at radius 3 is 2.74 bits per heavy atom. The Bertz CT molecular complexity index is 785. The fraction of sp³-hybridized carbons (Fsp3) is 0.444. The number of nitrogens with one attached hydrogen (secondary N) is 2. The lowest BCUT2D eigenvalue weighted by Gasteiger charge is -2.14. The fourth-order valence-electron chi connectivity index (χ4n) is 3.22. The first-order valence-electron chi connectivity index (χ1n) is 8.58. The summed E-state index contributed by atoms with van der Waals surface area (Å²) in [5, 5.41) is 9.67. The summed E-state index contributed by atoms with van der Waals surface area (Å²) >= 11 is 0. The highest BCUT2D eigenvalue weighted by molar-refractivity contribution is 5.95. The summed E-state index contributed by atoms with van der Waals surface area (Å²) in [6, 6.07) is 6.62. The molecule has 148 valence electrons. The zero-order valence-electron chi connectivity index (χ0n) is 14.8. The molecule has 1 aliphatic rings. The molecule has 2 aromatic rings. The van der Waals surface area contributed by atoms with E-state index in [0.29, 0.717) is 23.7 Å². The maximum absolute atomic E-state index is 13.6. The average molecular weight is 403 g/mol. The zero-order valence-corrected chi connectivity index (χ0v) is 15.7. The molecular weight excluding hydrogens is 381 g/mol. The van der Waals surface area contributed by atoms with Gasteiger partial charge in [-0.2, -0.15) is 18.3 Å². The summed E-state index contributed by atoms with van der Waals surface area (Å²) < 4.78 is 41.7. The van der Waals surface area contributed by atoms with Gasteiger partial charge in [0, 0.05) is 6.54 Å². The Morgan fingerprint density at radius 2 is 2.11 bits per heavy atom. The molecule has 5 nitrogen and oxygen atoms in total. The number of hydrogen-bond donors (Lipinski definition) is 2. The van der Waals surface area contributed by atoms with Crippen LogP contribution in [0.5, 0.6) is 0 Å². The van der Waals surface area contributed by atoms with Gasteiger partial charge >= 0.3 is 6.18 Å². The lowest BCUT2D eigenvalue weighted by molar-refractivity contribution is -0.143. The Balaban J connectivity index is 0.00000261. The van der Waals surface area contributed by atoms with E-state index in [2.05, 4.69) is 15.7 Å². The van der Waals surface area contributed by atoms with E-state index in [-0.39, 0.29) is 12.4 Å². The summed E-state index contributed by atoms with van der Waals surface area (Å²) in [4.78, 5) is 12.3. The molecule has 1 amide bonds. The second-order valence-corrected chi connectivity index (χ2v) is 6.51. The van der Waals surface area contributed by atoms with Crippen molar-refractivity contribution in [1.82, 2.24) is 20.4 Å². The molecule has 2 N–H and O–H groups in total. The summed E-state index contributed by atoms with van der Waals surface area (Å²) in [7, 11) is 0. The molecule has 1 aromatic heterocycles. The Kier molecular flexibility index (Phi) is 6.89. The highest BCUT2D eigenvalue weighted by Crippen LogP contribution is 2.34. The molecular formula is C18H22ClF3N4O. The fourth-order valence-corrected chi connectivity index (χ4v) is 3.22. The Hall–Kier alpha value is -2.06. The number of aromatic nitrogens is 2. The Labute approximate surface area is 161 Å². The number of alkyl halides is 3. The molecule has 1 fully saturated rings. The van der Waals surface area contributed by atoms with Gasteiger partial charge in [-0.05, 0) is 50.4 Å². The molecule has 0 aliphatic carbocycles. The number of carbonyl (C=O) groups excluding carboxylic acids is 1. The van der Waals surface area contributed by atoms with Crippen LogP contribution in [0.1, 0.15) is 34.5 Å². The van der Waals surface area contributed by atoms with Crippen molar-refractivity contribution in [2.24, 2.45) is 5.92 Å². The first-order chi connectivity index (χ1) is 12.4. The molecule has 0 radical (unpaired) electrons. The molecule has 1 unspecified atom stereocenters. The largest absolute Gasteiger partial charge is 0.434 e. The van der Waals surface area contributed by atoms with Crippen molar-refractivity contribution in [3.05, 3.63) is 47.3 Å². The number of benzene rings is 1. The van der Waals surface area contributed by atoms with E-state index in [1.54, 1.807) is 31.2 Å². The minimum Gasteiger partial charge on any atom is -0.352 e. The molecule has 0 spiro atoms. The molecule has 9 heteroatoms. The van der Waals surface area contributed by atoms with Crippen LogP contribution < -0.4 is 10.6 Å². The zero-order chi connectivity index (χ0) is 18.7. The summed E-state index contributed by atoms with van der Waals surface area (Å²) in [5.41, 5.74) is -0.560. The lowest BCUT2D eigenvalue weighted by Crippen LogP contribution is -2.28. The van der Waals surface area contributed by atoms with Gasteiger partial charge in [-0.25, -0.2) is 4.68 Å². The number of nitrogens with zero attached hydrogens (tertiary/aromatic N) is 2. The van der Waals surface area contributed by atoms with Gasteiger partial charge in [0.05, 0.1) is 17.4 Å². The predicted molar refractivity (Wildman–Crippen MR) is 98.5 cm³/mol. The van der Waals surface area contributed by atoms with Gasteiger partial charge < -0.3 is 10.6 Å². The van der Waals surface area contributed by atoms with E-state index < -0.39 is 23.3 Å². The molecule has 3 rings (SSSR count). The topological polar surface area (TPSA) is 59.0 Å². The molecule has 1 aliphatic heterocycles. The van der Waals surface area contributed by atoms with Crippen molar-refractivity contribution < 1.29 is 18.0 Å². The van der Waals surface area contributed by atoms with Crippen LogP contribution in [-0.4, -0.2) is 35.3 Å². The van der Waals surface area contributed by atoms with Crippen molar-refractivity contribution in [1.29, 1.82) is 0 Å². The van der Waals surface area contributed by atoms with E-state index in [1.165, 1.54) is 0 Å². The van der Waals surface area contributed by atoms with E-state index in [9.17, 15) is 18.0 Å². The molecule has 27 heavy (non-hydrogen) atoms. The van der Waals surface area contributed by atoms with Gasteiger partial charge in [0.1, 0.15) is 0 Å². The van der Waals surface area contributed by atoms with Crippen LogP contribution in [0, 0.1) is 12.8 Å². The summed E-state index contributed by atoms with van der Waals surface area (Å²) in [6.45, 7) is 3.87. The molecule has 1 saturated heterocycles. The third kappa shape index (κ3) is 4.81. The van der Waals surface area contributed by atoms with Crippen molar-refractivity contribution >= 4 is 18.3 Å². The minimum absolute atomic E-state index is 0. The average Bonchev–Trinajstić information content (AvgIpc) is 3.24. The van der Waals surface area contributed by atoms with E-state index >= 15 is 0 Å². The normalized spacial score (nSPS) is 16.8. The number of hydrogen-bond acceptors (Lipinski definition) is 3. The smallest absolute Gasteiger partial charge is 0.352 e. The van der Waals surface area contributed by atoms with Crippen LogP contribution in [0.15, 0.2) is 30.5 Å². The molecule has 2 heterocycles. The molecule has 0 saturated carbocycles. The van der Waals surface area contributed by atoms with E-state index in [0.717, 1.165) is 36.8 Å². The van der Waals surface area contributed by atoms with Gasteiger partial charge in [0.25, 0.3) is 5.91 Å². The van der Waals surface area contributed by atoms with Crippen molar-refractivity contribution in [3.8, 4) is 5.69 Å². The number of aryl methyl sites for hydroxylation is 1. The maximum atomic E-state index is 13.6. The molecule has 1 aromatic carbocycles. The first-order valence-corrected chi connectivity index (χ1v) is 8.58. The van der Waals surface area contributed by atoms with Gasteiger partial charge in [-0.3, -0.25) is 4.79 Å². The van der Waals surface area contributed by atoms with Crippen LogP contribution in [0.4, 0.5) is 13.2 Å². The molecule has 1 atom stereocenters. The predicted octanol–water partition coefficient (Wildman–Crippen LogP) is 3.35. The van der Waals surface area contributed by atoms with Crippen LogP contribution in [-0.2, 0) is 6.18 Å². The number of carbonyl (C=O) groups is 1. The van der Waals surface area contributed by atoms with Crippen LogP contribution in [0.3, 0.4) is 0 Å². The van der Waals surface area contributed by atoms with Crippen LogP contribution in [0.2, 0.25) is 0 Å². The number of para-hydroxylation sites is 1. The van der Waals surface area contributed by atoms with Crippen LogP contribution >= 0.6 is 12.4 Å². The number of rotatable bonds is 5. The third-order valence-electron chi connectivity index (χ3n) is 4.63. The minimum atomic E-state index is -4.69. The first kappa shape index (κ1) is 21.2. The van der Waals surface area contributed by atoms with Crippen molar-refractivity contribution in [2.45, 2.75) is 25.9 Å². The second-order valence-electron chi connectivity index (χ2n) is 6.51. The second kappa shape index (κ2) is 8.75. The maximum Gasteiger partial charge on any atom is 0.434 e. The summed E-state index contributed by atoms with van der Waals surface area (Å²) in [6.07, 6.45) is -1.94. The highest BCUT2D eigenvalue weighted by Gasteiger charge is 2.40. The van der Waals surface area contributed by atoms with E-state index in [1.807, 2.05) is 0 Å². The third-order valence-corrected chi connectivity index (χ3v) is 4.63. The van der Waals surface area contributed by atoms with Gasteiger partial charge in [-0.15, -0.1) is 12.4 Å². The Morgan fingerprint density at radius 1 is 1.37 bits per heavy atom. The van der Waals surface area contributed by atoms with Crippen LogP contribution in [0.25, 0.3) is 5.69 Å². The number of amides is 1. The quantitative estimate of drug-likeness (QED) is 0.806. The van der Waals surface area contributed by atoms with Crippen molar-refractivity contribution in [3.63, 3.8) is 0 Å². The summed E-state index contributed by atoms with van der Waals surface area (Å²) in [5.74, 6) is -0.296. The van der Waals surface area contributed by atoms with Gasteiger partial charge in [0.2, 0.25) is 0 Å². The highest BCUT2D eigenvalue weighted by atomic mass is 35.5. The monoisotopic (exact) mass is 402 g/mol. The SMILES string of the molecule is Cc1ccccc1-n1ncc(C(=O)NCCC2CCNC2)c1C(F)(F)F.Cl. The van der Waals surface area contributed by atoms with E-state index in [4.69, 9.17) is 0 Å². The number of halogens is 4. The molecule has 0 bridgehead atoms. The van der Waals surface area contributed by atoms with Gasteiger partial charge in [-0.1, -0.05) is 18.2 Å². The standard InChI is InChI=1S/C18H21F3N4O.ClH/c1-12-4-2-3-5-15(12)25-16(18(19,20)21)14(11-24-25)17(26)23-9-7-13-6-8-22-10-13;/h2-5,11,13,22H,6-10H2,1H3,(H,23,26);1H. The van der Waals surface area contributed by atoms with Crippen molar-refractivity contribution in [2.75, 3.05) is 19.6 Å².